The van der Waals surface area contributed by atoms with Crippen LogP contribution in [-0.4, -0.2) is 49.3 Å². The van der Waals surface area contributed by atoms with Crippen molar-refractivity contribution in [1.82, 2.24) is 10.2 Å². The van der Waals surface area contributed by atoms with E-state index in [1.807, 2.05) is 0 Å². The summed E-state index contributed by atoms with van der Waals surface area (Å²) >= 11 is 0. The lowest BCUT2D eigenvalue weighted by molar-refractivity contribution is 0.0752. The van der Waals surface area contributed by atoms with Gasteiger partial charge in [-0.05, 0) is 69.5 Å². The molecule has 2 unspecified atom stereocenters. The Kier molecular flexibility index (Phi) is 5.27. The van der Waals surface area contributed by atoms with Crippen LogP contribution < -0.4 is 5.32 Å². The molecule has 1 saturated carbocycles. The van der Waals surface area contributed by atoms with Gasteiger partial charge in [0, 0.05) is 19.2 Å². The van der Waals surface area contributed by atoms with Crippen LogP contribution in [0.25, 0.3) is 0 Å². The number of aliphatic hydroxyl groups is 1. The number of hydrogen-bond acceptors (Lipinski definition) is 3. The third kappa shape index (κ3) is 4.17. The molecule has 0 bridgehead atoms. The molecule has 2 aliphatic rings. The van der Waals surface area contributed by atoms with Crippen molar-refractivity contribution in [2.45, 2.75) is 52.0 Å². The average Bonchev–Trinajstić information content (AvgIpc) is 2.39. The van der Waals surface area contributed by atoms with Gasteiger partial charge in [-0.2, -0.15) is 0 Å². The Hall–Kier alpha value is -0.120. The van der Waals surface area contributed by atoms with E-state index in [-0.39, 0.29) is 0 Å². The first kappa shape index (κ1) is 15.3. The fraction of sp³-hybridized carbons (Fsp3) is 1.00. The molecule has 0 aromatic rings. The topological polar surface area (TPSA) is 35.5 Å². The zero-order valence-corrected chi connectivity index (χ0v) is 13.0. The molecule has 1 aliphatic heterocycles. The van der Waals surface area contributed by atoms with Crippen LogP contribution in [0.2, 0.25) is 0 Å². The Balaban J connectivity index is 1.85. The van der Waals surface area contributed by atoms with E-state index in [2.05, 4.69) is 31.1 Å². The minimum Gasteiger partial charge on any atom is -0.396 e. The van der Waals surface area contributed by atoms with Gasteiger partial charge in [0.05, 0.1) is 0 Å². The summed E-state index contributed by atoms with van der Waals surface area (Å²) in [5.74, 6) is 1.35. The highest BCUT2D eigenvalue weighted by Crippen LogP contribution is 2.39. The molecular weight excluding hydrogens is 236 g/mol. The van der Waals surface area contributed by atoms with Crippen molar-refractivity contribution in [1.29, 1.82) is 0 Å². The van der Waals surface area contributed by atoms with Gasteiger partial charge in [0.25, 0.3) is 0 Å². The van der Waals surface area contributed by atoms with Gasteiger partial charge in [0.1, 0.15) is 0 Å². The van der Waals surface area contributed by atoms with Crippen LogP contribution >= 0.6 is 0 Å². The fourth-order valence-corrected chi connectivity index (χ4v) is 3.99. The summed E-state index contributed by atoms with van der Waals surface area (Å²) < 4.78 is 0. The number of nitrogens with zero attached hydrogens (tertiary/aromatic N) is 1. The van der Waals surface area contributed by atoms with Gasteiger partial charge in [-0.1, -0.05) is 13.8 Å². The van der Waals surface area contributed by atoms with Gasteiger partial charge in [-0.25, -0.2) is 0 Å². The number of piperidine rings is 1. The van der Waals surface area contributed by atoms with Gasteiger partial charge in [-0.3, -0.25) is 0 Å². The Bertz CT molecular complexity index is 272. The Labute approximate surface area is 118 Å². The van der Waals surface area contributed by atoms with E-state index >= 15 is 0 Å². The molecule has 0 aromatic carbocycles. The van der Waals surface area contributed by atoms with Crippen molar-refractivity contribution >= 4 is 0 Å². The summed E-state index contributed by atoms with van der Waals surface area (Å²) in [6.07, 6.45) is 6.37. The minimum absolute atomic E-state index is 0.378. The van der Waals surface area contributed by atoms with E-state index in [0.29, 0.717) is 24.0 Å². The Morgan fingerprint density at radius 1 is 1.21 bits per heavy atom. The molecule has 2 rings (SSSR count). The molecule has 0 amide bonds. The molecule has 0 spiro atoms. The highest BCUT2D eigenvalue weighted by molar-refractivity contribution is 4.90. The molecule has 3 heteroatoms. The average molecular weight is 268 g/mol. The second-order valence-corrected chi connectivity index (χ2v) is 7.49. The Morgan fingerprint density at radius 3 is 2.47 bits per heavy atom. The van der Waals surface area contributed by atoms with E-state index in [0.717, 1.165) is 5.92 Å². The van der Waals surface area contributed by atoms with Crippen molar-refractivity contribution in [3.63, 3.8) is 0 Å². The van der Waals surface area contributed by atoms with Crippen LogP contribution in [-0.2, 0) is 0 Å². The van der Waals surface area contributed by atoms with Crippen LogP contribution in [0.1, 0.15) is 46.0 Å². The number of nitrogens with one attached hydrogen (secondary N) is 1. The quantitative estimate of drug-likeness (QED) is 0.820. The maximum Gasteiger partial charge on any atom is 0.0460 e. The molecule has 1 heterocycles. The second kappa shape index (κ2) is 6.55. The normalized spacial score (nSPS) is 33.5. The molecule has 1 aliphatic carbocycles. The lowest BCUT2D eigenvalue weighted by Crippen LogP contribution is -2.48. The summed E-state index contributed by atoms with van der Waals surface area (Å²) in [4.78, 5) is 2.63. The second-order valence-electron chi connectivity index (χ2n) is 7.49. The SMILES string of the molecule is CNC1CCC(C)(C)CC1CN1CCC(CO)CC1. The summed E-state index contributed by atoms with van der Waals surface area (Å²) in [6, 6.07) is 0.698. The largest absolute Gasteiger partial charge is 0.396 e. The summed E-state index contributed by atoms with van der Waals surface area (Å²) in [5, 5.41) is 12.8. The van der Waals surface area contributed by atoms with Crippen LogP contribution in [0.4, 0.5) is 0 Å². The zero-order chi connectivity index (χ0) is 13.9. The third-order valence-corrected chi connectivity index (χ3v) is 5.34. The maximum absolute atomic E-state index is 9.22. The predicted molar refractivity (Wildman–Crippen MR) is 80.2 cm³/mol. The summed E-state index contributed by atoms with van der Waals surface area (Å²) in [6.45, 7) is 8.82. The van der Waals surface area contributed by atoms with Gasteiger partial charge in [0.2, 0.25) is 0 Å². The number of hydrogen-bond donors (Lipinski definition) is 2. The molecule has 1 saturated heterocycles. The van der Waals surface area contributed by atoms with Gasteiger partial charge in [-0.15, -0.1) is 0 Å². The van der Waals surface area contributed by atoms with E-state index in [1.54, 1.807) is 0 Å². The van der Waals surface area contributed by atoms with Crippen molar-refractivity contribution < 1.29 is 5.11 Å². The monoisotopic (exact) mass is 268 g/mol. The molecule has 19 heavy (non-hydrogen) atoms. The Morgan fingerprint density at radius 2 is 1.89 bits per heavy atom. The summed E-state index contributed by atoms with van der Waals surface area (Å²) in [5.41, 5.74) is 0.515. The molecule has 3 nitrogen and oxygen atoms in total. The van der Waals surface area contributed by atoms with E-state index in [9.17, 15) is 5.11 Å². The van der Waals surface area contributed by atoms with Crippen molar-refractivity contribution in [3.8, 4) is 0 Å². The molecule has 0 radical (unpaired) electrons. The van der Waals surface area contributed by atoms with E-state index < -0.39 is 0 Å². The first-order valence-corrected chi connectivity index (χ1v) is 8.04. The first-order valence-electron chi connectivity index (χ1n) is 8.04. The predicted octanol–water partition coefficient (Wildman–Crippen LogP) is 2.10. The van der Waals surface area contributed by atoms with Crippen LogP contribution in [0.5, 0.6) is 0 Å². The molecule has 112 valence electrons. The standard InChI is InChI=1S/C16H32N2O/c1-16(2)7-4-15(17-3)14(10-16)11-18-8-5-13(12-19)6-9-18/h13-15,17,19H,4-12H2,1-3H3. The molecule has 0 aromatic heterocycles. The molecular formula is C16H32N2O. The fourth-order valence-electron chi connectivity index (χ4n) is 3.99. The van der Waals surface area contributed by atoms with E-state index in [4.69, 9.17) is 0 Å². The molecule has 2 N–H and O–H groups in total. The lowest BCUT2D eigenvalue weighted by atomic mass is 9.69. The van der Waals surface area contributed by atoms with Gasteiger partial charge >= 0.3 is 0 Å². The first-order chi connectivity index (χ1) is 9.04. The van der Waals surface area contributed by atoms with Gasteiger partial charge < -0.3 is 15.3 Å². The summed E-state index contributed by atoms with van der Waals surface area (Å²) in [7, 11) is 2.12. The van der Waals surface area contributed by atoms with Crippen molar-refractivity contribution in [3.05, 3.63) is 0 Å². The van der Waals surface area contributed by atoms with Crippen LogP contribution in [0.15, 0.2) is 0 Å². The molecule has 2 atom stereocenters. The highest BCUT2D eigenvalue weighted by Gasteiger charge is 2.35. The van der Waals surface area contributed by atoms with Crippen LogP contribution in [0.3, 0.4) is 0 Å². The number of likely N-dealkylation sites (tertiary alicyclic amines) is 1. The zero-order valence-electron chi connectivity index (χ0n) is 13.0. The lowest BCUT2D eigenvalue weighted by Gasteiger charge is -2.43. The molecule has 2 fully saturated rings. The van der Waals surface area contributed by atoms with Crippen LogP contribution in [0, 0.1) is 17.3 Å². The minimum atomic E-state index is 0.378. The number of aliphatic hydroxyl groups excluding tert-OH is 1. The number of rotatable bonds is 4. The van der Waals surface area contributed by atoms with Crippen molar-refractivity contribution in [2.75, 3.05) is 33.3 Å². The van der Waals surface area contributed by atoms with Gasteiger partial charge in [0.15, 0.2) is 0 Å². The van der Waals surface area contributed by atoms with Crippen molar-refractivity contribution in [2.24, 2.45) is 17.3 Å². The van der Waals surface area contributed by atoms with E-state index in [1.165, 1.54) is 51.7 Å². The smallest absolute Gasteiger partial charge is 0.0460 e. The third-order valence-electron chi connectivity index (χ3n) is 5.34. The maximum atomic E-state index is 9.22. The highest BCUT2D eigenvalue weighted by atomic mass is 16.3.